The first-order valence-electron chi connectivity index (χ1n) is 10.5. The van der Waals surface area contributed by atoms with Gasteiger partial charge in [0.15, 0.2) is 5.78 Å². The van der Waals surface area contributed by atoms with Crippen LogP contribution in [0, 0.1) is 29.1 Å². The standard InChI is InChI=1S/C22H31BrO3/c1-3-20(23)21(25)26-15-11-19-18-6-4-13-10-14(24)5-7-16(13)17(18)8-9-22(19,2)12-15/h10,15-20H,3-9,11-12H2,1-2H3/t15-,16-,17+,18+,19-,20?,22+/m0/s1. The van der Waals surface area contributed by atoms with Crippen LogP contribution in [-0.2, 0) is 14.3 Å². The fraction of sp³-hybridized carbons (Fsp3) is 0.818. The number of hydrogen-bond donors (Lipinski definition) is 0. The zero-order valence-electron chi connectivity index (χ0n) is 16.0. The maximum Gasteiger partial charge on any atom is 0.319 e. The van der Waals surface area contributed by atoms with Gasteiger partial charge in [-0.05, 0) is 86.5 Å². The predicted octanol–water partition coefficient (Wildman–Crippen LogP) is 5.21. The molecule has 0 aromatic heterocycles. The Bertz CT molecular complexity index is 627. The normalized spacial score (nSPS) is 43.0. The van der Waals surface area contributed by atoms with E-state index in [0.29, 0.717) is 23.0 Å². The smallest absolute Gasteiger partial charge is 0.319 e. The lowest BCUT2D eigenvalue weighted by Crippen LogP contribution is -2.44. The number of carbonyl (C=O) groups excluding carboxylic acids is 2. The molecule has 0 heterocycles. The number of hydrogen-bond acceptors (Lipinski definition) is 3. The van der Waals surface area contributed by atoms with Crippen LogP contribution < -0.4 is 0 Å². The number of alkyl halides is 1. The topological polar surface area (TPSA) is 43.4 Å². The number of esters is 1. The van der Waals surface area contributed by atoms with Gasteiger partial charge in [0.1, 0.15) is 10.9 Å². The molecule has 0 radical (unpaired) electrons. The van der Waals surface area contributed by atoms with E-state index in [1.807, 2.05) is 13.0 Å². The number of halogens is 1. The lowest BCUT2D eigenvalue weighted by molar-refractivity contribution is -0.148. The summed E-state index contributed by atoms with van der Waals surface area (Å²) in [6, 6.07) is 0. The van der Waals surface area contributed by atoms with Crippen LogP contribution in [-0.4, -0.2) is 22.7 Å². The number of ketones is 1. The first kappa shape index (κ1) is 18.7. The highest BCUT2D eigenvalue weighted by Crippen LogP contribution is 2.62. The molecule has 1 unspecified atom stereocenters. The summed E-state index contributed by atoms with van der Waals surface area (Å²) in [6.07, 6.45) is 11.6. The maximum absolute atomic E-state index is 12.2. The van der Waals surface area contributed by atoms with Gasteiger partial charge in [-0.15, -0.1) is 0 Å². The zero-order chi connectivity index (χ0) is 18.5. The summed E-state index contributed by atoms with van der Waals surface area (Å²) in [5, 5.41) is 0. The minimum atomic E-state index is -0.173. The van der Waals surface area contributed by atoms with Crippen molar-refractivity contribution in [2.75, 3.05) is 0 Å². The number of fused-ring (bicyclic) bond motifs is 5. The third kappa shape index (κ3) is 3.21. The van der Waals surface area contributed by atoms with Crippen molar-refractivity contribution in [1.82, 2.24) is 0 Å². The van der Waals surface area contributed by atoms with E-state index in [2.05, 4.69) is 22.9 Å². The summed E-state index contributed by atoms with van der Waals surface area (Å²) in [5.41, 5.74) is 1.77. The van der Waals surface area contributed by atoms with Gasteiger partial charge in [-0.3, -0.25) is 9.59 Å². The molecule has 26 heavy (non-hydrogen) atoms. The van der Waals surface area contributed by atoms with Gasteiger partial charge in [-0.25, -0.2) is 0 Å². The van der Waals surface area contributed by atoms with Gasteiger partial charge >= 0.3 is 5.97 Å². The molecule has 0 amide bonds. The van der Waals surface area contributed by atoms with Crippen molar-refractivity contribution in [1.29, 1.82) is 0 Å². The first-order valence-corrected chi connectivity index (χ1v) is 11.4. The third-order valence-electron chi connectivity index (χ3n) is 7.93. The molecule has 144 valence electrons. The number of carbonyl (C=O) groups is 2. The molecule has 4 rings (SSSR count). The van der Waals surface area contributed by atoms with E-state index < -0.39 is 0 Å². The highest BCUT2D eigenvalue weighted by atomic mass is 79.9. The van der Waals surface area contributed by atoms with Crippen LogP contribution in [0.2, 0.25) is 0 Å². The number of rotatable bonds is 3. The van der Waals surface area contributed by atoms with Gasteiger partial charge in [-0.1, -0.05) is 35.4 Å². The molecule has 4 aliphatic rings. The van der Waals surface area contributed by atoms with Crippen LogP contribution in [0.5, 0.6) is 0 Å². The molecular weight excluding hydrogens is 392 g/mol. The Morgan fingerprint density at radius 1 is 1.31 bits per heavy atom. The largest absolute Gasteiger partial charge is 0.462 e. The second-order valence-corrected chi connectivity index (χ2v) is 10.5. The number of ether oxygens (including phenoxy) is 1. The van der Waals surface area contributed by atoms with E-state index in [-0.39, 0.29) is 16.9 Å². The molecule has 0 N–H and O–H groups in total. The summed E-state index contributed by atoms with van der Waals surface area (Å²) in [4.78, 5) is 23.9. The summed E-state index contributed by atoms with van der Waals surface area (Å²) in [6.45, 7) is 4.44. The van der Waals surface area contributed by atoms with Crippen LogP contribution in [0.15, 0.2) is 11.6 Å². The Balaban J connectivity index is 1.48. The van der Waals surface area contributed by atoms with E-state index >= 15 is 0 Å². The van der Waals surface area contributed by atoms with E-state index in [4.69, 9.17) is 4.74 Å². The highest BCUT2D eigenvalue weighted by molar-refractivity contribution is 9.10. The van der Waals surface area contributed by atoms with E-state index in [0.717, 1.165) is 50.4 Å². The number of allylic oxidation sites excluding steroid dienone is 1. The van der Waals surface area contributed by atoms with Crippen molar-refractivity contribution in [3.63, 3.8) is 0 Å². The van der Waals surface area contributed by atoms with Crippen LogP contribution >= 0.6 is 15.9 Å². The van der Waals surface area contributed by atoms with Crippen LogP contribution in [0.1, 0.15) is 71.6 Å². The van der Waals surface area contributed by atoms with Crippen molar-refractivity contribution in [3.05, 3.63) is 11.6 Å². The molecule has 0 spiro atoms. The molecule has 7 atom stereocenters. The average Bonchev–Trinajstić information content (AvgIpc) is 2.96. The van der Waals surface area contributed by atoms with Crippen molar-refractivity contribution >= 4 is 27.7 Å². The second-order valence-electron chi connectivity index (χ2n) is 9.37. The SMILES string of the molecule is CCC(Br)C(=O)O[C@H]1C[C@H]2[C@@H]3CCC4=CC(=O)CC[C@@H]4[C@H]3CC[C@]2(C)C1. The van der Waals surface area contributed by atoms with Crippen molar-refractivity contribution < 1.29 is 14.3 Å². The Morgan fingerprint density at radius 2 is 2.12 bits per heavy atom. The maximum atomic E-state index is 12.2. The highest BCUT2D eigenvalue weighted by Gasteiger charge is 2.55. The molecule has 0 aliphatic heterocycles. The average molecular weight is 423 g/mol. The van der Waals surface area contributed by atoms with Crippen molar-refractivity contribution in [2.45, 2.75) is 82.6 Å². The monoisotopic (exact) mass is 422 g/mol. The van der Waals surface area contributed by atoms with E-state index in [9.17, 15) is 9.59 Å². The van der Waals surface area contributed by atoms with Crippen LogP contribution in [0.3, 0.4) is 0 Å². The van der Waals surface area contributed by atoms with Gasteiger partial charge in [0, 0.05) is 6.42 Å². The van der Waals surface area contributed by atoms with Crippen LogP contribution in [0.4, 0.5) is 0 Å². The fourth-order valence-corrected chi connectivity index (χ4v) is 6.78. The Hall–Kier alpha value is -0.640. The van der Waals surface area contributed by atoms with Gasteiger partial charge in [0.25, 0.3) is 0 Å². The van der Waals surface area contributed by atoms with Gasteiger partial charge in [0.2, 0.25) is 0 Å². The van der Waals surface area contributed by atoms with Crippen molar-refractivity contribution in [3.8, 4) is 0 Å². The molecular formula is C22H31BrO3. The van der Waals surface area contributed by atoms with Gasteiger partial charge in [0.05, 0.1) is 0 Å². The predicted molar refractivity (Wildman–Crippen MR) is 105 cm³/mol. The molecule has 4 heteroatoms. The molecule has 3 nitrogen and oxygen atoms in total. The first-order chi connectivity index (χ1) is 12.4. The fourth-order valence-electron chi connectivity index (χ4n) is 6.67. The third-order valence-corrected chi connectivity index (χ3v) is 8.95. The molecule has 3 saturated carbocycles. The molecule has 0 bridgehead atoms. The Kier molecular flexibility index (Phi) is 5.09. The van der Waals surface area contributed by atoms with E-state index in [1.165, 1.54) is 24.8 Å². The lowest BCUT2D eigenvalue weighted by atomic mass is 9.52. The van der Waals surface area contributed by atoms with Gasteiger partial charge < -0.3 is 4.74 Å². The Labute approximate surface area is 165 Å². The van der Waals surface area contributed by atoms with Gasteiger partial charge in [-0.2, -0.15) is 0 Å². The molecule has 0 saturated heterocycles. The zero-order valence-corrected chi connectivity index (χ0v) is 17.6. The lowest BCUT2D eigenvalue weighted by Gasteiger charge is -2.52. The second kappa shape index (κ2) is 7.07. The molecule has 3 fully saturated rings. The molecule has 4 aliphatic carbocycles. The quantitative estimate of drug-likeness (QED) is 0.462. The summed E-state index contributed by atoms with van der Waals surface area (Å²) < 4.78 is 5.88. The summed E-state index contributed by atoms with van der Waals surface area (Å²) >= 11 is 3.43. The summed E-state index contributed by atoms with van der Waals surface area (Å²) in [5.74, 6) is 3.06. The molecule has 0 aromatic carbocycles. The molecule has 0 aromatic rings. The minimum Gasteiger partial charge on any atom is -0.462 e. The van der Waals surface area contributed by atoms with E-state index in [1.54, 1.807) is 0 Å². The summed E-state index contributed by atoms with van der Waals surface area (Å²) in [7, 11) is 0. The van der Waals surface area contributed by atoms with Crippen molar-refractivity contribution in [2.24, 2.45) is 29.1 Å². The minimum absolute atomic E-state index is 0.0871. The Morgan fingerprint density at radius 3 is 2.88 bits per heavy atom. The van der Waals surface area contributed by atoms with Crippen LogP contribution in [0.25, 0.3) is 0 Å².